The summed E-state index contributed by atoms with van der Waals surface area (Å²) in [7, 11) is 0. The first-order valence-corrected chi connectivity index (χ1v) is 7.22. The molecule has 0 fully saturated rings. The molecule has 2 aliphatic heterocycles. The number of carbonyl (C=O) groups excluding carboxylic acids is 4. The zero-order valence-electron chi connectivity index (χ0n) is 13.1. The minimum atomic E-state index is -1.04. The number of nitrogens with zero attached hydrogens (tertiary/aromatic N) is 2. The summed E-state index contributed by atoms with van der Waals surface area (Å²) in [6.07, 6.45) is 0.327. The highest BCUT2D eigenvalue weighted by Gasteiger charge is 2.35. The fourth-order valence-electron chi connectivity index (χ4n) is 2.86. The van der Waals surface area contributed by atoms with Crippen LogP contribution in [-0.2, 0) is 19.2 Å². The highest BCUT2D eigenvalue weighted by Crippen LogP contribution is 2.29. The van der Waals surface area contributed by atoms with Crippen LogP contribution in [0.15, 0.2) is 22.3 Å². The lowest BCUT2D eigenvalue weighted by Gasteiger charge is -2.25. The fourth-order valence-corrected chi connectivity index (χ4v) is 2.86. The molecule has 8 heteroatoms. The van der Waals surface area contributed by atoms with Crippen molar-refractivity contribution in [2.75, 3.05) is 0 Å². The minimum Gasteiger partial charge on any atom is -0.291 e. The monoisotopic (exact) mass is 326 g/mol. The van der Waals surface area contributed by atoms with Gasteiger partial charge in [-0.15, -0.1) is 0 Å². The van der Waals surface area contributed by atoms with Crippen molar-refractivity contribution in [2.24, 2.45) is 11.8 Å². The van der Waals surface area contributed by atoms with Gasteiger partial charge in [-0.3, -0.25) is 29.8 Å². The van der Waals surface area contributed by atoms with Gasteiger partial charge in [0, 0.05) is 5.57 Å². The molecule has 0 radical (unpaired) electrons. The molecule has 4 amide bonds. The molecule has 0 aromatic carbocycles. The second-order valence-corrected chi connectivity index (χ2v) is 5.62. The molecule has 0 aromatic rings. The zero-order valence-corrected chi connectivity index (χ0v) is 13.1. The molecule has 0 aliphatic carbocycles. The van der Waals surface area contributed by atoms with Crippen LogP contribution in [-0.4, -0.2) is 23.6 Å². The smallest absolute Gasteiger partial charge is 0.268 e. The lowest BCUT2D eigenvalue weighted by molar-refractivity contribution is -0.133. The summed E-state index contributed by atoms with van der Waals surface area (Å²) in [6.45, 7) is 3.07. The molecule has 0 saturated carbocycles. The van der Waals surface area contributed by atoms with E-state index >= 15 is 0 Å². The summed E-state index contributed by atoms with van der Waals surface area (Å²) in [4.78, 5) is 47.1. The van der Waals surface area contributed by atoms with Crippen LogP contribution in [0, 0.1) is 34.5 Å². The Hall–Kier alpha value is -3.26. The van der Waals surface area contributed by atoms with Crippen LogP contribution < -0.4 is 10.6 Å². The maximum atomic E-state index is 12.0. The van der Waals surface area contributed by atoms with Crippen LogP contribution in [0.3, 0.4) is 0 Å². The average molecular weight is 326 g/mol. The molecular formula is C16H14N4O4. The summed E-state index contributed by atoms with van der Waals surface area (Å²) in [5, 5.41) is 22.3. The molecule has 2 unspecified atom stereocenters. The van der Waals surface area contributed by atoms with E-state index in [-0.39, 0.29) is 24.0 Å². The van der Waals surface area contributed by atoms with Gasteiger partial charge < -0.3 is 0 Å². The number of nitriles is 2. The zero-order chi connectivity index (χ0) is 18.0. The number of nitrogens with one attached hydrogen (secondary N) is 2. The van der Waals surface area contributed by atoms with E-state index < -0.39 is 35.5 Å². The maximum Gasteiger partial charge on any atom is 0.268 e. The molecule has 2 N–H and O–H groups in total. The number of imide groups is 2. The van der Waals surface area contributed by atoms with E-state index in [1.54, 1.807) is 6.07 Å². The van der Waals surface area contributed by atoms with Gasteiger partial charge >= 0.3 is 0 Å². The Morgan fingerprint density at radius 3 is 2.17 bits per heavy atom. The van der Waals surface area contributed by atoms with E-state index in [0.29, 0.717) is 11.1 Å². The van der Waals surface area contributed by atoms with Crippen LogP contribution in [0.1, 0.15) is 26.7 Å². The largest absolute Gasteiger partial charge is 0.291 e. The molecule has 2 atom stereocenters. The predicted molar refractivity (Wildman–Crippen MR) is 79.1 cm³/mol. The number of carbonyl (C=O) groups is 4. The summed E-state index contributed by atoms with van der Waals surface area (Å²) < 4.78 is 0. The Balaban J connectivity index is 2.27. The van der Waals surface area contributed by atoms with Gasteiger partial charge in [-0.05, 0) is 37.8 Å². The van der Waals surface area contributed by atoms with Gasteiger partial charge in [-0.2, -0.15) is 10.5 Å². The molecule has 0 bridgehead atoms. The lowest BCUT2D eigenvalue weighted by atomic mass is 9.83. The first kappa shape index (κ1) is 17.1. The molecule has 122 valence electrons. The highest BCUT2D eigenvalue weighted by molar-refractivity contribution is 6.12. The Morgan fingerprint density at radius 2 is 1.58 bits per heavy atom. The molecule has 2 heterocycles. The van der Waals surface area contributed by atoms with Gasteiger partial charge in [0.05, 0.1) is 12.0 Å². The van der Waals surface area contributed by atoms with E-state index in [0.717, 1.165) is 0 Å². The second kappa shape index (κ2) is 6.47. The third-order valence-corrected chi connectivity index (χ3v) is 4.30. The van der Waals surface area contributed by atoms with Crippen LogP contribution in [0.5, 0.6) is 0 Å². The number of amides is 4. The first-order valence-electron chi connectivity index (χ1n) is 7.22. The Morgan fingerprint density at radius 1 is 0.958 bits per heavy atom. The van der Waals surface area contributed by atoms with Gasteiger partial charge in [-0.25, -0.2) is 0 Å². The summed E-state index contributed by atoms with van der Waals surface area (Å²) >= 11 is 0. The van der Waals surface area contributed by atoms with Crippen molar-refractivity contribution in [1.82, 2.24) is 10.6 Å². The molecule has 2 aliphatic rings. The molecule has 8 nitrogen and oxygen atoms in total. The highest BCUT2D eigenvalue weighted by atomic mass is 16.2. The van der Waals surface area contributed by atoms with E-state index in [1.165, 1.54) is 13.8 Å². The van der Waals surface area contributed by atoms with Gasteiger partial charge in [0.2, 0.25) is 11.8 Å². The van der Waals surface area contributed by atoms with Crippen LogP contribution in [0.4, 0.5) is 0 Å². The Labute approximate surface area is 137 Å². The summed E-state index contributed by atoms with van der Waals surface area (Å²) in [6, 6.07) is 3.60. The third-order valence-electron chi connectivity index (χ3n) is 4.30. The van der Waals surface area contributed by atoms with Gasteiger partial charge in [0.15, 0.2) is 0 Å². The molecule has 24 heavy (non-hydrogen) atoms. The van der Waals surface area contributed by atoms with E-state index in [4.69, 9.17) is 10.5 Å². The molecule has 0 spiro atoms. The first-order chi connectivity index (χ1) is 11.3. The van der Waals surface area contributed by atoms with E-state index in [2.05, 4.69) is 10.6 Å². The summed E-state index contributed by atoms with van der Waals surface area (Å²) in [5.41, 5.74) is 0.884. The SMILES string of the molecule is CC1=C(CCC2C(=O)NC(=O)C(C#N)=C2C)C(=O)NC(=O)C1C#N. The molecule has 0 saturated heterocycles. The van der Waals surface area contributed by atoms with Crippen molar-refractivity contribution in [3.63, 3.8) is 0 Å². The number of hydrogen-bond acceptors (Lipinski definition) is 6. The van der Waals surface area contributed by atoms with Crippen molar-refractivity contribution in [2.45, 2.75) is 26.7 Å². The number of hydrogen-bond donors (Lipinski definition) is 2. The Bertz CT molecular complexity index is 807. The minimum absolute atomic E-state index is 0.108. The quantitative estimate of drug-likeness (QED) is 0.699. The maximum absolute atomic E-state index is 12.0. The Kier molecular flexibility index (Phi) is 4.61. The van der Waals surface area contributed by atoms with Crippen LogP contribution >= 0.6 is 0 Å². The molecule has 2 rings (SSSR count). The van der Waals surface area contributed by atoms with Crippen LogP contribution in [0.2, 0.25) is 0 Å². The third kappa shape index (κ3) is 2.82. The van der Waals surface area contributed by atoms with E-state index in [9.17, 15) is 19.2 Å². The van der Waals surface area contributed by atoms with Gasteiger partial charge in [-0.1, -0.05) is 0 Å². The van der Waals surface area contributed by atoms with Gasteiger partial charge in [0.1, 0.15) is 17.6 Å². The van der Waals surface area contributed by atoms with Crippen molar-refractivity contribution < 1.29 is 19.2 Å². The standard InChI is InChI=1S/C16H14N4O4/c1-7-9(13(21)19-15(23)11(7)5-17)3-4-10-8(2)12(6-18)16(24)20-14(10)22/h9,12H,3-4H2,1-2H3,(H,19,21,23)(H,20,22,24). The average Bonchev–Trinajstić information content (AvgIpc) is 2.50. The van der Waals surface area contributed by atoms with Crippen molar-refractivity contribution in [1.29, 1.82) is 10.5 Å². The second-order valence-electron chi connectivity index (χ2n) is 5.62. The van der Waals surface area contributed by atoms with Crippen molar-refractivity contribution in [3.05, 3.63) is 22.3 Å². The van der Waals surface area contributed by atoms with Gasteiger partial charge in [0.25, 0.3) is 11.8 Å². The fraction of sp³-hybridized carbons (Fsp3) is 0.375. The molecule has 0 aromatic heterocycles. The van der Waals surface area contributed by atoms with Crippen LogP contribution in [0.25, 0.3) is 0 Å². The predicted octanol–water partition coefficient (Wildman–Crippen LogP) is -0.00804. The van der Waals surface area contributed by atoms with E-state index in [1.807, 2.05) is 6.07 Å². The summed E-state index contributed by atoms with van der Waals surface area (Å²) in [5.74, 6) is -4.25. The number of rotatable bonds is 3. The van der Waals surface area contributed by atoms with Crippen molar-refractivity contribution in [3.8, 4) is 12.1 Å². The normalized spacial score (nSPS) is 24.3. The van der Waals surface area contributed by atoms with Crippen molar-refractivity contribution >= 4 is 23.6 Å². The topological polar surface area (TPSA) is 140 Å². The molecular weight excluding hydrogens is 312 g/mol. The lowest BCUT2D eigenvalue weighted by Crippen LogP contribution is -2.43.